The molecule has 2 N–H and O–H groups in total. The van der Waals surface area contributed by atoms with Crippen LogP contribution < -0.4 is 4.74 Å². The minimum Gasteiger partial charge on any atom is -0.508 e. The molecular formula is C22H23NO7S. The number of rotatable bonds is 4. The number of nitrogens with zero attached hydrogens (tertiary/aromatic N) is 1. The Hall–Kier alpha value is -3.33. The minimum atomic E-state index is -1.93. The van der Waals surface area contributed by atoms with Gasteiger partial charge in [-0.3, -0.25) is 4.79 Å². The van der Waals surface area contributed by atoms with Crippen molar-refractivity contribution in [3.8, 4) is 17.2 Å². The van der Waals surface area contributed by atoms with E-state index in [9.17, 15) is 24.0 Å². The first-order valence-corrected chi connectivity index (χ1v) is 10.5. The summed E-state index contributed by atoms with van der Waals surface area (Å²) in [7, 11) is -0.435. The van der Waals surface area contributed by atoms with Crippen molar-refractivity contribution in [2.45, 2.75) is 42.2 Å². The Bertz CT molecular complexity index is 1070. The van der Waals surface area contributed by atoms with Gasteiger partial charge >= 0.3 is 6.09 Å². The maximum absolute atomic E-state index is 13.3. The number of phenols is 2. The number of methoxy groups -OCH3 is 1. The van der Waals surface area contributed by atoms with Gasteiger partial charge in [0, 0.05) is 16.5 Å². The van der Waals surface area contributed by atoms with E-state index < -0.39 is 34.4 Å². The third-order valence-electron chi connectivity index (χ3n) is 4.43. The summed E-state index contributed by atoms with van der Waals surface area (Å²) in [6, 6.07) is 7.65. The van der Waals surface area contributed by atoms with Gasteiger partial charge in [-0.1, -0.05) is 6.08 Å². The lowest BCUT2D eigenvalue weighted by atomic mass is 10.0. The van der Waals surface area contributed by atoms with Crippen LogP contribution in [-0.4, -0.2) is 44.0 Å². The highest BCUT2D eigenvalue weighted by atomic mass is 32.2. The van der Waals surface area contributed by atoms with Crippen LogP contribution in [0.4, 0.5) is 4.79 Å². The average Bonchev–Trinajstić information content (AvgIpc) is 3.09. The van der Waals surface area contributed by atoms with E-state index >= 15 is 0 Å². The molecule has 1 aliphatic rings. The molecule has 9 heteroatoms. The molecule has 2 aromatic rings. The first-order valence-electron chi connectivity index (χ1n) is 9.38. The normalized spacial score (nSPS) is 17.0. The molecule has 1 aliphatic heterocycles. The standard InChI is InChI=1S/C22H23NO7S/c1-22(2,3)30-21(27)23-15(9-12-18(23)26)19-16(24)10-11-17(25)20(19)31(28)14-7-5-13(29-4)6-8-14/h5-12,15,24-25H,1-4H3/t15-,31?/m0/s1. The molecule has 0 spiro atoms. The van der Waals surface area contributed by atoms with Crippen LogP contribution in [0.2, 0.25) is 0 Å². The van der Waals surface area contributed by atoms with Gasteiger partial charge in [-0.05, 0) is 57.2 Å². The second kappa shape index (κ2) is 8.43. The lowest BCUT2D eigenvalue weighted by Crippen LogP contribution is -2.39. The molecular weight excluding hydrogens is 422 g/mol. The number of carbonyl (C=O) groups excluding carboxylic acids is 2. The average molecular weight is 445 g/mol. The smallest absolute Gasteiger partial charge is 0.418 e. The molecule has 164 valence electrons. The van der Waals surface area contributed by atoms with Crippen molar-refractivity contribution in [2.75, 3.05) is 7.11 Å². The molecule has 0 aromatic heterocycles. The van der Waals surface area contributed by atoms with Gasteiger partial charge in [0.05, 0.1) is 28.8 Å². The number of phenolic OH excluding ortho intramolecular Hbond substituents is 2. The van der Waals surface area contributed by atoms with Crippen LogP contribution in [0.15, 0.2) is 58.3 Å². The highest BCUT2D eigenvalue weighted by Gasteiger charge is 2.39. The van der Waals surface area contributed by atoms with E-state index in [1.165, 1.54) is 25.3 Å². The van der Waals surface area contributed by atoms with Crippen LogP contribution in [0, 0.1) is 0 Å². The van der Waals surface area contributed by atoms with Crippen molar-refractivity contribution in [2.24, 2.45) is 0 Å². The Morgan fingerprint density at radius 2 is 1.68 bits per heavy atom. The summed E-state index contributed by atoms with van der Waals surface area (Å²) < 4.78 is 23.8. The molecule has 2 amide bonds. The van der Waals surface area contributed by atoms with Gasteiger partial charge in [-0.15, -0.1) is 0 Å². The zero-order chi connectivity index (χ0) is 22.9. The van der Waals surface area contributed by atoms with Crippen molar-refractivity contribution < 1.29 is 33.5 Å². The Morgan fingerprint density at radius 1 is 1.06 bits per heavy atom. The summed E-state index contributed by atoms with van der Waals surface area (Å²) in [5.41, 5.74) is -0.887. The van der Waals surface area contributed by atoms with Crippen molar-refractivity contribution in [3.63, 3.8) is 0 Å². The number of aromatic hydroxyl groups is 2. The zero-order valence-corrected chi connectivity index (χ0v) is 18.3. The van der Waals surface area contributed by atoms with Gasteiger partial charge < -0.3 is 19.7 Å². The number of benzene rings is 2. The predicted molar refractivity (Wildman–Crippen MR) is 112 cm³/mol. The molecule has 31 heavy (non-hydrogen) atoms. The lowest BCUT2D eigenvalue weighted by Gasteiger charge is -2.28. The fraction of sp³-hybridized carbons (Fsp3) is 0.273. The SMILES string of the molecule is COc1ccc(S(=O)c2c(O)ccc(O)c2[C@@H]2C=CC(=O)N2C(=O)OC(C)(C)C)cc1. The fourth-order valence-electron chi connectivity index (χ4n) is 3.09. The van der Waals surface area contributed by atoms with E-state index in [0.29, 0.717) is 10.6 Å². The second-order valence-electron chi connectivity index (χ2n) is 7.78. The van der Waals surface area contributed by atoms with Gasteiger partial charge in [0.1, 0.15) is 22.8 Å². The summed E-state index contributed by atoms with van der Waals surface area (Å²) in [6.07, 6.45) is 1.63. The van der Waals surface area contributed by atoms with E-state index in [4.69, 9.17) is 9.47 Å². The summed E-state index contributed by atoms with van der Waals surface area (Å²) in [5.74, 6) is -0.767. The third-order valence-corrected chi connectivity index (χ3v) is 5.93. The molecule has 2 aromatic carbocycles. The first kappa shape index (κ1) is 22.4. The molecule has 0 saturated carbocycles. The lowest BCUT2D eigenvalue weighted by molar-refractivity contribution is -0.125. The van der Waals surface area contributed by atoms with Gasteiger partial charge in [0.2, 0.25) is 0 Å². The molecule has 1 heterocycles. The molecule has 0 bridgehead atoms. The summed E-state index contributed by atoms with van der Waals surface area (Å²) in [5, 5.41) is 21.1. The van der Waals surface area contributed by atoms with E-state index in [0.717, 1.165) is 11.0 Å². The summed E-state index contributed by atoms with van der Waals surface area (Å²) >= 11 is 0. The van der Waals surface area contributed by atoms with E-state index in [1.54, 1.807) is 45.0 Å². The highest BCUT2D eigenvalue weighted by Crippen LogP contribution is 2.43. The summed E-state index contributed by atoms with van der Waals surface area (Å²) in [4.78, 5) is 26.1. The molecule has 0 radical (unpaired) electrons. The molecule has 2 atom stereocenters. The second-order valence-corrected chi connectivity index (χ2v) is 9.20. The Morgan fingerprint density at radius 3 is 2.26 bits per heavy atom. The molecule has 0 fully saturated rings. The number of hydrogen-bond donors (Lipinski definition) is 2. The van der Waals surface area contributed by atoms with Crippen LogP contribution in [0.1, 0.15) is 32.4 Å². The quantitative estimate of drug-likeness (QED) is 0.691. The van der Waals surface area contributed by atoms with Crippen LogP contribution >= 0.6 is 0 Å². The maximum atomic E-state index is 13.3. The molecule has 0 aliphatic carbocycles. The fourth-order valence-corrected chi connectivity index (χ4v) is 4.39. The highest BCUT2D eigenvalue weighted by molar-refractivity contribution is 7.85. The molecule has 3 rings (SSSR count). The van der Waals surface area contributed by atoms with Crippen LogP contribution in [-0.2, 0) is 20.3 Å². The topological polar surface area (TPSA) is 113 Å². The van der Waals surface area contributed by atoms with Gasteiger partial charge in [0.25, 0.3) is 5.91 Å². The Labute approximate surface area is 182 Å². The largest absolute Gasteiger partial charge is 0.508 e. The van der Waals surface area contributed by atoms with Crippen molar-refractivity contribution in [1.82, 2.24) is 4.90 Å². The monoisotopic (exact) mass is 445 g/mol. The van der Waals surface area contributed by atoms with Crippen LogP contribution in [0.3, 0.4) is 0 Å². The Kier molecular flexibility index (Phi) is 6.08. The molecule has 8 nitrogen and oxygen atoms in total. The zero-order valence-electron chi connectivity index (χ0n) is 17.5. The van der Waals surface area contributed by atoms with Gasteiger partial charge in [-0.25, -0.2) is 13.9 Å². The van der Waals surface area contributed by atoms with Crippen LogP contribution in [0.5, 0.6) is 17.2 Å². The number of imide groups is 1. The van der Waals surface area contributed by atoms with E-state index in [-0.39, 0.29) is 22.0 Å². The van der Waals surface area contributed by atoms with Crippen molar-refractivity contribution >= 4 is 22.8 Å². The summed E-state index contributed by atoms with van der Waals surface area (Å²) in [6.45, 7) is 4.97. The number of carbonyl (C=O) groups is 2. The molecule has 0 saturated heterocycles. The number of ether oxygens (including phenoxy) is 2. The van der Waals surface area contributed by atoms with Crippen LogP contribution in [0.25, 0.3) is 0 Å². The first-order chi connectivity index (χ1) is 14.5. The van der Waals surface area contributed by atoms with Gasteiger partial charge in [-0.2, -0.15) is 0 Å². The van der Waals surface area contributed by atoms with Gasteiger partial charge in [0.15, 0.2) is 0 Å². The number of amides is 2. The predicted octanol–water partition coefficient (Wildman–Crippen LogP) is 3.65. The maximum Gasteiger partial charge on any atom is 0.418 e. The third kappa shape index (κ3) is 4.56. The number of hydrogen-bond acceptors (Lipinski definition) is 7. The minimum absolute atomic E-state index is 0.0258. The van der Waals surface area contributed by atoms with E-state index in [2.05, 4.69) is 0 Å². The van der Waals surface area contributed by atoms with Crippen molar-refractivity contribution in [1.29, 1.82) is 0 Å². The van der Waals surface area contributed by atoms with E-state index in [1.807, 2.05) is 0 Å². The molecule has 1 unspecified atom stereocenters. The Balaban J connectivity index is 2.09. The van der Waals surface area contributed by atoms with Crippen molar-refractivity contribution in [3.05, 3.63) is 54.1 Å².